The van der Waals surface area contributed by atoms with Crippen LogP contribution in [0.15, 0.2) is 69.7 Å². The fraction of sp³-hybridized carbons (Fsp3) is 0.323. The zero-order chi connectivity index (χ0) is 28.4. The van der Waals surface area contributed by atoms with E-state index in [1.165, 1.54) is 18.9 Å². The number of halogens is 1. The summed E-state index contributed by atoms with van der Waals surface area (Å²) in [4.78, 5) is 35.1. The molecule has 40 heavy (non-hydrogen) atoms. The van der Waals surface area contributed by atoms with Crippen molar-refractivity contribution in [3.05, 3.63) is 91.6 Å². The van der Waals surface area contributed by atoms with Gasteiger partial charge in [-0.3, -0.25) is 9.36 Å². The molecule has 1 N–H and O–H groups in total. The number of hydrogen-bond acceptors (Lipinski definition) is 7. The van der Waals surface area contributed by atoms with Gasteiger partial charge in [-0.15, -0.1) is 0 Å². The molecule has 3 aromatic rings. The summed E-state index contributed by atoms with van der Waals surface area (Å²) < 4.78 is 6.34. The van der Waals surface area contributed by atoms with E-state index in [2.05, 4.69) is 59.4 Å². The van der Waals surface area contributed by atoms with Gasteiger partial charge in [0, 0.05) is 66.0 Å². The number of nitrogens with one attached hydrogen (secondary N) is 1. The number of likely N-dealkylation sites (N-methyl/N-ethyl adjacent to an activating group) is 1. The van der Waals surface area contributed by atoms with Crippen LogP contribution in [0.2, 0.25) is 5.02 Å². The number of rotatable bonds is 6. The Hall–Kier alpha value is -3.88. The molecule has 0 bridgehead atoms. The number of ether oxygens (including phenoxy) is 1. The molecule has 0 amide bonds. The number of fused-ring (bicyclic) bond motifs is 1. The van der Waals surface area contributed by atoms with Gasteiger partial charge in [-0.25, -0.2) is 9.79 Å². The second kappa shape index (κ2) is 11.7. The van der Waals surface area contributed by atoms with Crippen molar-refractivity contribution < 1.29 is 9.53 Å². The number of pyridine rings is 1. The number of allylic oxidation sites excluding steroid dienone is 1. The maximum atomic E-state index is 13.5. The van der Waals surface area contributed by atoms with Gasteiger partial charge in [0.15, 0.2) is 0 Å². The summed E-state index contributed by atoms with van der Waals surface area (Å²) in [7, 11) is 5.19. The number of hydrogen-bond donors (Lipinski definition) is 1. The van der Waals surface area contributed by atoms with Gasteiger partial charge in [-0.2, -0.15) is 0 Å². The number of anilines is 2. The van der Waals surface area contributed by atoms with Crippen molar-refractivity contribution >= 4 is 35.0 Å². The lowest BCUT2D eigenvalue weighted by Gasteiger charge is -2.34. The zero-order valence-electron chi connectivity index (χ0n) is 23.3. The highest BCUT2D eigenvalue weighted by molar-refractivity contribution is 6.33. The van der Waals surface area contributed by atoms with Crippen LogP contribution in [0.25, 0.3) is 17.2 Å². The Balaban J connectivity index is 1.48. The molecule has 5 rings (SSSR count). The third-order valence-corrected chi connectivity index (χ3v) is 7.95. The fourth-order valence-corrected chi connectivity index (χ4v) is 5.40. The lowest BCUT2D eigenvalue weighted by molar-refractivity contribution is 0.0600. The summed E-state index contributed by atoms with van der Waals surface area (Å²) in [6, 6.07) is 15.1. The van der Waals surface area contributed by atoms with Gasteiger partial charge in [0.2, 0.25) is 0 Å². The van der Waals surface area contributed by atoms with Crippen molar-refractivity contribution in [3.63, 3.8) is 0 Å². The van der Waals surface area contributed by atoms with Gasteiger partial charge >= 0.3 is 5.97 Å². The van der Waals surface area contributed by atoms with Crippen molar-refractivity contribution in [1.29, 1.82) is 0 Å². The maximum absolute atomic E-state index is 13.5. The lowest BCUT2D eigenvalue weighted by Crippen LogP contribution is -2.44. The molecule has 1 saturated heterocycles. The predicted octanol–water partition coefficient (Wildman–Crippen LogP) is 3.78. The molecule has 0 saturated carbocycles. The summed E-state index contributed by atoms with van der Waals surface area (Å²) in [6.45, 7) is 6.28. The Morgan fingerprint density at radius 2 is 1.75 bits per heavy atom. The first-order valence-electron chi connectivity index (χ1n) is 13.5. The van der Waals surface area contributed by atoms with Crippen LogP contribution < -0.4 is 26.5 Å². The van der Waals surface area contributed by atoms with Crippen LogP contribution >= 0.6 is 11.6 Å². The van der Waals surface area contributed by atoms with E-state index in [9.17, 15) is 9.59 Å². The Morgan fingerprint density at radius 3 is 2.40 bits per heavy atom. The SMILES string of the molecule is CCC1=C(Nc2ccc(N3CCN(C)CC3)cc2)N=c2c(cc(-c3ccc(C(=O)OC)cc3Cl)c(=O)n2C)=CC1. The molecule has 208 valence electrons. The Bertz CT molecular complexity index is 1650. The second-order valence-electron chi connectivity index (χ2n) is 10.2. The van der Waals surface area contributed by atoms with Gasteiger partial charge in [-0.05, 0) is 67.9 Å². The van der Waals surface area contributed by atoms with Gasteiger partial charge in [0.05, 0.1) is 12.7 Å². The molecule has 2 aliphatic rings. The monoisotopic (exact) mass is 559 g/mol. The van der Waals surface area contributed by atoms with Crippen LogP contribution in [0.1, 0.15) is 30.1 Å². The van der Waals surface area contributed by atoms with E-state index >= 15 is 0 Å². The lowest BCUT2D eigenvalue weighted by atomic mass is 10.0. The third-order valence-electron chi connectivity index (χ3n) is 7.64. The van der Waals surface area contributed by atoms with Gasteiger partial charge in [0.25, 0.3) is 5.56 Å². The van der Waals surface area contributed by atoms with E-state index in [4.69, 9.17) is 21.3 Å². The largest absolute Gasteiger partial charge is 0.465 e. The van der Waals surface area contributed by atoms with Gasteiger partial charge < -0.3 is 19.9 Å². The second-order valence-corrected chi connectivity index (χ2v) is 10.6. The van der Waals surface area contributed by atoms with E-state index in [0.717, 1.165) is 54.9 Å². The van der Waals surface area contributed by atoms with Crippen LogP contribution in [0.3, 0.4) is 0 Å². The highest BCUT2D eigenvalue weighted by Gasteiger charge is 2.17. The average molecular weight is 560 g/mol. The number of piperazine rings is 1. The molecule has 1 aromatic heterocycles. The highest BCUT2D eigenvalue weighted by atomic mass is 35.5. The minimum atomic E-state index is -0.484. The van der Waals surface area contributed by atoms with Crippen LogP contribution in [-0.2, 0) is 11.8 Å². The highest BCUT2D eigenvalue weighted by Crippen LogP contribution is 2.27. The Kier molecular flexibility index (Phi) is 8.09. The number of aromatic nitrogens is 1. The first-order chi connectivity index (χ1) is 19.3. The molecule has 0 radical (unpaired) electrons. The number of methoxy groups -OCH3 is 1. The summed E-state index contributed by atoms with van der Waals surface area (Å²) >= 11 is 6.52. The zero-order valence-corrected chi connectivity index (χ0v) is 24.1. The Morgan fingerprint density at radius 1 is 1.02 bits per heavy atom. The standard InChI is InChI=1S/C31H34ClN5O3/c1-5-20-6-7-21-18-26(25-13-8-22(19-27(25)32)31(39)40-4)30(38)36(3)29(21)34-28(20)33-23-9-11-24(12-10-23)37-16-14-35(2)15-17-37/h7-13,18-19,33H,5-6,14-17H2,1-4H3. The van der Waals surface area contributed by atoms with Crippen molar-refractivity contribution in [2.75, 3.05) is 50.6 Å². The topological polar surface area (TPSA) is 79.2 Å². The number of esters is 1. The molecular formula is C31H34ClN5O3. The fourth-order valence-electron chi connectivity index (χ4n) is 5.11. The normalized spacial score (nSPS) is 15.6. The predicted molar refractivity (Wildman–Crippen MR) is 160 cm³/mol. The van der Waals surface area contributed by atoms with E-state index in [-0.39, 0.29) is 5.56 Å². The quantitative estimate of drug-likeness (QED) is 0.463. The molecular weight excluding hydrogens is 526 g/mol. The molecule has 9 heteroatoms. The smallest absolute Gasteiger partial charge is 0.337 e. The van der Waals surface area contributed by atoms with Crippen LogP contribution in [0.5, 0.6) is 0 Å². The van der Waals surface area contributed by atoms with Gasteiger partial charge in [0.1, 0.15) is 11.3 Å². The minimum Gasteiger partial charge on any atom is -0.465 e. The summed E-state index contributed by atoms with van der Waals surface area (Å²) in [5.74, 6) is 0.274. The van der Waals surface area contributed by atoms with E-state index in [1.807, 2.05) is 6.07 Å². The minimum absolute atomic E-state index is 0.223. The number of carbonyl (C=O) groups is 1. The van der Waals surface area contributed by atoms with E-state index in [1.54, 1.807) is 23.7 Å². The van der Waals surface area contributed by atoms with Crippen molar-refractivity contribution in [2.45, 2.75) is 19.8 Å². The van der Waals surface area contributed by atoms with Crippen LogP contribution in [-0.4, -0.2) is 55.8 Å². The molecule has 0 aliphatic carbocycles. The Labute approximate surface area is 238 Å². The van der Waals surface area contributed by atoms with E-state index < -0.39 is 5.97 Å². The number of carbonyl (C=O) groups excluding carboxylic acids is 1. The molecule has 3 heterocycles. The first-order valence-corrected chi connectivity index (χ1v) is 13.9. The average Bonchev–Trinajstić information content (AvgIpc) is 3.14. The van der Waals surface area contributed by atoms with Crippen molar-refractivity contribution in [1.82, 2.24) is 9.47 Å². The van der Waals surface area contributed by atoms with E-state index in [0.29, 0.717) is 33.6 Å². The first kappa shape index (κ1) is 27.7. The van der Waals surface area contributed by atoms with Gasteiger partial charge in [-0.1, -0.05) is 30.7 Å². The maximum Gasteiger partial charge on any atom is 0.337 e. The van der Waals surface area contributed by atoms with Crippen molar-refractivity contribution in [2.24, 2.45) is 12.0 Å². The molecule has 2 aromatic carbocycles. The summed E-state index contributed by atoms with van der Waals surface area (Å²) in [6.07, 6.45) is 3.61. The van der Waals surface area contributed by atoms with Crippen LogP contribution in [0, 0.1) is 0 Å². The summed E-state index contributed by atoms with van der Waals surface area (Å²) in [5.41, 5.74) is 5.00. The van der Waals surface area contributed by atoms with Crippen molar-refractivity contribution in [3.8, 4) is 11.1 Å². The molecule has 0 atom stereocenters. The number of benzene rings is 2. The molecule has 0 spiro atoms. The summed E-state index contributed by atoms with van der Waals surface area (Å²) in [5, 5.41) is 4.66. The molecule has 1 fully saturated rings. The molecule has 8 nitrogen and oxygen atoms in total. The van der Waals surface area contributed by atoms with Crippen LogP contribution in [0.4, 0.5) is 11.4 Å². The molecule has 2 aliphatic heterocycles. The number of nitrogens with zero attached hydrogens (tertiary/aromatic N) is 4. The third kappa shape index (κ3) is 5.55. The molecule has 0 unspecified atom stereocenters.